The Morgan fingerprint density at radius 3 is 3.00 bits per heavy atom. The van der Waals surface area contributed by atoms with E-state index in [1.165, 1.54) is 13.3 Å². The summed E-state index contributed by atoms with van der Waals surface area (Å²) in [6, 6.07) is 13.8. The van der Waals surface area contributed by atoms with Crippen molar-refractivity contribution in [2.75, 3.05) is 25.1 Å². The summed E-state index contributed by atoms with van der Waals surface area (Å²) in [5, 5.41) is 2.08. The first-order valence-electron chi connectivity index (χ1n) is 8.36. The lowest BCUT2D eigenvalue weighted by Crippen LogP contribution is -2.28. The van der Waals surface area contributed by atoms with Gasteiger partial charge in [0.2, 0.25) is 0 Å². The Balaban J connectivity index is 1.78. The van der Waals surface area contributed by atoms with E-state index in [4.69, 9.17) is 9.47 Å². The largest absolute Gasteiger partial charge is 0.465 e. The summed E-state index contributed by atoms with van der Waals surface area (Å²) in [5.74, 6) is 2.33. The van der Waals surface area contributed by atoms with Crippen LogP contribution in [0.2, 0.25) is 0 Å². The molecule has 26 heavy (non-hydrogen) atoms. The summed E-state index contributed by atoms with van der Waals surface area (Å²) in [6.07, 6.45) is 1.51. The van der Waals surface area contributed by atoms with Gasteiger partial charge < -0.3 is 14.4 Å². The summed E-state index contributed by atoms with van der Waals surface area (Å²) in [6.45, 7) is 1.42. The quantitative estimate of drug-likeness (QED) is 0.633. The van der Waals surface area contributed by atoms with E-state index in [0.29, 0.717) is 23.7 Å². The molecule has 0 radical (unpaired) electrons. The fourth-order valence-electron chi connectivity index (χ4n) is 3.47. The van der Waals surface area contributed by atoms with Gasteiger partial charge in [0.25, 0.3) is 0 Å². The maximum Gasteiger partial charge on any atom is 0.339 e. The molecule has 0 amide bonds. The first kappa shape index (κ1) is 14.9. The highest BCUT2D eigenvalue weighted by Crippen LogP contribution is 2.42. The second-order valence-corrected chi connectivity index (χ2v) is 6.16. The van der Waals surface area contributed by atoms with Crippen LogP contribution < -0.4 is 9.64 Å². The first-order valence-corrected chi connectivity index (χ1v) is 8.36. The number of ether oxygens (including phenoxy) is 2. The topological polar surface area (TPSA) is 64.0 Å². The standard InChI is InChI=1S/C20H15N3O3/c1-25-20(24)13-10-16-19(22-11-13)23-9-8-21-18(23)15-7-6-12-4-2-3-5-14(12)17(15)26-16/h2-7,10-11H,8-9H2,1H3. The molecule has 0 bridgehead atoms. The summed E-state index contributed by atoms with van der Waals surface area (Å²) >= 11 is 0. The Hall–Kier alpha value is -3.41. The zero-order valence-electron chi connectivity index (χ0n) is 14.1. The number of aliphatic imine (C=N–C) groups is 1. The molecule has 3 heterocycles. The van der Waals surface area contributed by atoms with Crippen LogP contribution in [0.15, 0.2) is 53.7 Å². The molecule has 6 heteroatoms. The number of aromatic nitrogens is 1. The third-order valence-electron chi connectivity index (χ3n) is 4.68. The Bertz CT molecular complexity index is 1090. The van der Waals surface area contributed by atoms with Gasteiger partial charge in [-0.3, -0.25) is 4.99 Å². The van der Waals surface area contributed by atoms with E-state index in [2.05, 4.69) is 16.0 Å². The number of fused-ring (bicyclic) bond motifs is 7. The summed E-state index contributed by atoms with van der Waals surface area (Å²) in [5.41, 5.74) is 1.28. The number of carbonyl (C=O) groups is 1. The minimum absolute atomic E-state index is 0.354. The number of esters is 1. The van der Waals surface area contributed by atoms with Gasteiger partial charge in [-0.05, 0) is 11.5 Å². The average Bonchev–Trinajstić information content (AvgIpc) is 3.12. The molecule has 128 valence electrons. The number of hydrogen-bond donors (Lipinski definition) is 0. The molecule has 2 aromatic carbocycles. The van der Waals surface area contributed by atoms with E-state index in [0.717, 1.165) is 34.5 Å². The molecule has 5 rings (SSSR count). The smallest absolute Gasteiger partial charge is 0.339 e. The van der Waals surface area contributed by atoms with Crippen LogP contribution in [0.3, 0.4) is 0 Å². The number of anilines is 1. The van der Waals surface area contributed by atoms with Crippen molar-refractivity contribution in [2.24, 2.45) is 4.99 Å². The van der Waals surface area contributed by atoms with E-state index in [-0.39, 0.29) is 0 Å². The Labute approximate surface area is 149 Å². The van der Waals surface area contributed by atoms with Gasteiger partial charge in [-0.25, -0.2) is 9.78 Å². The Morgan fingerprint density at radius 1 is 1.23 bits per heavy atom. The predicted molar refractivity (Wildman–Crippen MR) is 98.3 cm³/mol. The number of methoxy groups -OCH3 is 1. The number of nitrogens with zero attached hydrogens (tertiary/aromatic N) is 3. The highest BCUT2D eigenvalue weighted by molar-refractivity contribution is 6.16. The second-order valence-electron chi connectivity index (χ2n) is 6.16. The van der Waals surface area contributed by atoms with Crippen LogP contribution in [0.25, 0.3) is 10.8 Å². The second kappa shape index (κ2) is 5.56. The van der Waals surface area contributed by atoms with Crippen molar-refractivity contribution in [2.45, 2.75) is 0 Å². The molecule has 0 saturated carbocycles. The van der Waals surface area contributed by atoms with Gasteiger partial charge in [-0.2, -0.15) is 0 Å². The molecule has 3 aromatic rings. The van der Waals surface area contributed by atoms with E-state index < -0.39 is 5.97 Å². The highest BCUT2D eigenvalue weighted by Gasteiger charge is 2.31. The third kappa shape index (κ3) is 2.08. The van der Waals surface area contributed by atoms with E-state index in [9.17, 15) is 4.79 Å². The van der Waals surface area contributed by atoms with Crippen LogP contribution in [0.4, 0.5) is 5.82 Å². The summed E-state index contributed by atoms with van der Waals surface area (Å²) in [7, 11) is 1.35. The van der Waals surface area contributed by atoms with Gasteiger partial charge in [-0.15, -0.1) is 0 Å². The first-order chi connectivity index (χ1) is 12.8. The molecule has 6 nitrogen and oxygen atoms in total. The molecule has 0 N–H and O–H groups in total. The molecule has 0 atom stereocenters. The van der Waals surface area contributed by atoms with E-state index in [1.807, 2.05) is 35.2 Å². The van der Waals surface area contributed by atoms with Crippen molar-refractivity contribution >= 4 is 28.4 Å². The lowest BCUT2D eigenvalue weighted by Gasteiger charge is -2.18. The number of benzene rings is 2. The van der Waals surface area contributed by atoms with Crippen molar-refractivity contribution in [1.82, 2.24) is 4.98 Å². The van der Waals surface area contributed by atoms with Crippen molar-refractivity contribution in [3.63, 3.8) is 0 Å². The van der Waals surface area contributed by atoms with Crippen molar-refractivity contribution in [3.05, 3.63) is 59.8 Å². The number of carbonyl (C=O) groups excluding carboxylic acids is 1. The molecule has 0 fully saturated rings. The van der Waals surface area contributed by atoms with Gasteiger partial charge in [0.1, 0.15) is 11.6 Å². The highest BCUT2D eigenvalue weighted by atomic mass is 16.5. The van der Waals surface area contributed by atoms with Gasteiger partial charge >= 0.3 is 5.97 Å². The molecular formula is C20H15N3O3. The minimum Gasteiger partial charge on any atom is -0.465 e. The van der Waals surface area contributed by atoms with Crippen LogP contribution in [0.1, 0.15) is 15.9 Å². The SMILES string of the molecule is COC(=O)c1cnc2c(c1)Oc1c(ccc3ccccc13)C1=NCCN12. The molecule has 2 aliphatic heterocycles. The fourth-order valence-corrected chi connectivity index (χ4v) is 3.47. The Kier molecular flexibility index (Phi) is 3.18. The average molecular weight is 345 g/mol. The normalized spacial score (nSPS) is 14.7. The molecule has 0 saturated heterocycles. The van der Waals surface area contributed by atoms with Crippen LogP contribution in [-0.2, 0) is 4.74 Å². The van der Waals surface area contributed by atoms with Gasteiger partial charge in [0.05, 0.1) is 24.8 Å². The maximum absolute atomic E-state index is 11.9. The fraction of sp³-hybridized carbons (Fsp3) is 0.150. The van der Waals surface area contributed by atoms with Crippen LogP contribution in [0, 0.1) is 0 Å². The summed E-state index contributed by atoms with van der Waals surface area (Å²) in [4.78, 5) is 23.1. The van der Waals surface area contributed by atoms with Crippen molar-refractivity contribution in [3.8, 4) is 11.5 Å². The van der Waals surface area contributed by atoms with Crippen LogP contribution >= 0.6 is 0 Å². The number of rotatable bonds is 1. The molecule has 2 aliphatic rings. The molecule has 0 aliphatic carbocycles. The van der Waals surface area contributed by atoms with Crippen molar-refractivity contribution in [1.29, 1.82) is 0 Å². The monoisotopic (exact) mass is 345 g/mol. The zero-order chi connectivity index (χ0) is 17.7. The number of pyridine rings is 1. The van der Waals surface area contributed by atoms with Gasteiger partial charge in [-0.1, -0.05) is 30.3 Å². The number of amidine groups is 1. The summed E-state index contributed by atoms with van der Waals surface area (Å²) < 4.78 is 11.1. The zero-order valence-corrected chi connectivity index (χ0v) is 14.1. The molecule has 1 aromatic heterocycles. The lowest BCUT2D eigenvalue weighted by atomic mass is 10.0. The van der Waals surface area contributed by atoms with E-state index >= 15 is 0 Å². The molecule has 0 unspecified atom stereocenters. The maximum atomic E-state index is 11.9. The van der Waals surface area contributed by atoms with E-state index in [1.54, 1.807) is 6.07 Å². The van der Waals surface area contributed by atoms with Gasteiger partial charge in [0, 0.05) is 24.2 Å². The predicted octanol–water partition coefficient (Wildman–Crippen LogP) is 3.39. The van der Waals surface area contributed by atoms with Crippen molar-refractivity contribution < 1.29 is 14.3 Å². The minimum atomic E-state index is -0.443. The lowest BCUT2D eigenvalue weighted by molar-refractivity contribution is 0.0600. The van der Waals surface area contributed by atoms with Crippen LogP contribution in [0.5, 0.6) is 11.5 Å². The molecular weight excluding hydrogens is 330 g/mol. The third-order valence-corrected chi connectivity index (χ3v) is 4.68. The molecule has 0 spiro atoms. The Morgan fingerprint density at radius 2 is 2.12 bits per heavy atom. The van der Waals surface area contributed by atoms with Crippen LogP contribution in [-0.4, -0.2) is 37.0 Å². The van der Waals surface area contributed by atoms with Gasteiger partial charge in [0.15, 0.2) is 11.6 Å². The number of hydrogen-bond acceptors (Lipinski definition) is 6.